The molecule has 0 bridgehead atoms. The molecule has 0 unspecified atom stereocenters. The van der Waals surface area contributed by atoms with Crippen molar-refractivity contribution in [2.24, 2.45) is 5.92 Å². The second-order valence-electron chi connectivity index (χ2n) is 7.07. The Morgan fingerprint density at radius 1 is 1.21 bits per heavy atom. The number of rotatable bonds is 5. The molecule has 1 amide bonds. The first-order valence-electron chi connectivity index (χ1n) is 8.76. The molecule has 1 saturated carbocycles. The van der Waals surface area contributed by atoms with E-state index in [0.29, 0.717) is 17.5 Å². The van der Waals surface area contributed by atoms with E-state index in [1.54, 1.807) is 0 Å². The number of likely N-dealkylation sites (tertiary alicyclic amines) is 1. The minimum atomic E-state index is 0.0521. The van der Waals surface area contributed by atoms with Crippen molar-refractivity contribution in [3.63, 3.8) is 0 Å². The molecule has 5 nitrogen and oxygen atoms in total. The van der Waals surface area contributed by atoms with Gasteiger partial charge in [-0.05, 0) is 48.8 Å². The van der Waals surface area contributed by atoms with Gasteiger partial charge in [-0.25, -0.2) is 0 Å². The molecule has 1 saturated heterocycles. The summed E-state index contributed by atoms with van der Waals surface area (Å²) < 4.78 is 0. The molecule has 126 valence electrons. The molecular formula is C19H23N3O2. The molecule has 2 heterocycles. The van der Waals surface area contributed by atoms with E-state index >= 15 is 0 Å². The third-order valence-electron chi connectivity index (χ3n) is 5.14. The molecule has 4 rings (SSSR count). The topological polar surface area (TPSA) is 69.2 Å². The van der Waals surface area contributed by atoms with Crippen LogP contribution in [-0.2, 0) is 13.0 Å². The molecule has 0 spiro atoms. The van der Waals surface area contributed by atoms with Crippen molar-refractivity contribution in [2.75, 3.05) is 13.1 Å². The predicted octanol–water partition coefficient (Wildman–Crippen LogP) is 2.48. The number of hydrogen-bond donors (Lipinski definition) is 2. The first-order valence-corrected chi connectivity index (χ1v) is 8.76. The molecule has 1 aromatic carbocycles. The van der Waals surface area contributed by atoms with Gasteiger partial charge in [-0.2, -0.15) is 5.10 Å². The van der Waals surface area contributed by atoms with E-state index in [0.717, 1.165) is 37.2 Å². The number of amides is 1. The lowest BCUT2D eigenvalue weighted by Gasteiger charge is -2.15. The summed E-state index contributed by atoms with van der Waals surface area (Å²) in [5.41, 5.74) is 3.87. The lowest BCUT2D eigenvalue weighted by Crippen LogP contribution is -2.29. The van der Waals surface area contributed by atoms with Crippen LogP contribution in [0.2, 0.25) is 0 Å². The SMILES string of the molecule is O=C(c1cc(C2CC2)[nH]n1)N1CC[C@@H](Cc2ccc(CO)cc2)C1. The van der Waals surface area contributed by atoms with Crippen molar-refractivity contribution < 1.29 is 9.90 Å². The maximum atomic E-state index is 12.6. The lowest BCUT2D eigenvalue weighted by atomic mass is 9.98. The summed E-state index contributed by atoms with van der Waals surface area (Å²) in [5, 5.41) is 16.3. The Bertz CT molecular complexity index is 718. The van der Waals surface area contributed by atoms with Crippen LogP contribution >= 0.6 is 0 Å². The number of H-pyrrole nitrogens is 1. The summed E-state index contributed by atoms with van der Waals surface area (Å²) in [6.45, 7) is 1.69. The normalized spacial score (nSPS) is 20.5. The predicted molar refractivity (Wildman–Crippen MR) is 90.6 cm³/mol. The molecule has 1 aliphatic heterocycles. The zero-order valence-electron chi connectivity index (χ0n) is 13.7. The fourth-order valence-corrected chi connectivity index (χ4v) is 3.51. The molecule has 2 fully saturated rings. The minimum absolute atomic E-state index is 0.0521. The molecule has 1 atom stereocenters. The van der Waals surface area contributed by atoms with Gasteiger partial charge in [0.1, 0.15) is 5.69 Å². The number of aliphatic hydroxyl groups excluding tert-OH is 1. The molecule has 5 heteroatoms. The van der Waals surface area contributed by atoms with E-state index in [1.165, 1.54) is 18.4 Å². The maximum absolute atomic E-state index is 12.6. The van der Waals surface area contributed by atoms with Gasteiger partial charge in [-0.1, -0.05) is 24.3 Å². The number of carbonyl (C=O) groups is 1. The average Bonchev–Trinajstić information content (AvgIpc) is 3.16. The minimum Gasteiger partial charge on any atom is -0.392 e. The fourth-order valence-electron chi connectivity index (χ4n) is 3.51. The first kappa shape index (κ1) is 15.4. The number of nitrogens with zero attached hydrogens (tertiary/aromatic N) is 2. The molecule has 2 aliphatic rings. The molecule has 1 aromatic heterocycles. The van der Waals surface area contributed by atoms with Crippen LogP contribution in [-0.4, -0.2) is 39.2 Å². The number of aromatic nitrogens is 2. The summed E-state index contributed by atoms with van der Waals surface area (Å²) in [5.74, 6) is 1.14. The number of carbonyl (C=O) groups excluding carboxylic acids is 1. The molecule has 1 aliphatic carbocycles. The Kier molecular flexibility index (Phi) is 4.10. The van der Waals surface area contributed by atoms with E-state index in [9.17, 15) is 4.79 Å². The van der Waals surface area contributed by atoms with Crippen LogP contribution in [0.25, 0.3) is 0 Å². The number of aromatic amines is 1. The quantitative estimate of drug-likeness (QED) is 0.887. The zero-order chi connectivity index (χ0) is 16.5. The van der Waals surface area contributed by atoms with E-state index in [-0.39, 0.29) is 12.5 Å². The van der Waals surface area contributed by atoms with Gasteiger partial charge in [0.15, 0.2) is 0 Å². The second kappa shape index (κ2) is 6.40. The standard InChI is InChI=1S/C19H23N3O2/c23-12-14-3-1-13(2-4-14)9-15-7-8-22(11-15)19(24)18-10-17(20-21-18)16-5-6-16/h1-4,10,15-16,23H,5-9,11-12H2,(H,20,21)/t15-/m0/s1. The lowest BCUT2D eigenvalue weighted by molar-refractivity contribution is 0.0781. The maximum Gasteiger partial charge on any atom is 0.274 e. The Morgan fingerprint density at radius 2 is 1.96 bits per heavy atom. The van der Waals surface area contributed by atoms with Crippen LogP contribution in [0.1, 0.15) is 52.5 Å². The highest BCUT2D eigenvalue weighted by Gasteiger charge is 2.30. The van der Waals surface area contributed by atoms with Crippen LogP contribution in [0.3, 0.4) is 0 Å². The second-order valence-corrected chi connectivity index (χ2v) is 7.07. The van der Waals surface area contributed by atoms with Gasteiger partial charge in [-0.3, -0.25) is 9.89 Å². The fraction of sp³-hybridized carbons (Fsp3) is 0.474. The molecular weight excluding hydrogens is 302 g/mol. The summed E-state index contributed by atoms with van der Waals surface area (Å²) in [7, 11) is 0. The van der Waals surface area contributed by atoms with Crippen molar-refractivity contribution in [1.29, 1.82) is 0 Å². The van der Waals surface area contributed by atoms with Crippen molar-refractivity contribution in [2.45, 2.75) is 38.2 Å². The third kappa shape index (κ3) is 3.22. The summed E-state index contributed by atoms with van der Waals surface area (Å²) in [4.78, 5) is 14.5. The highest BCUT2D eigenvalue weighted by Crippen LogP contribution is 2.39. The smallest absolute Gasteiger partial charge is 0.274 e. The Morgan fingerprint density at radius 3 is 2.67 bits per heavy atom. The highest BCUT2D eigenvalue weighted by molar-refractivity contribution is 5.92. The van der Waals surface area contributed by atoms with Gasteiger partial charge >= 0.3 is 0 Å². The Balaban J connectivity index is 1.35. The number of aliphatic hydroxyl groups is 1. The first-order chi connectivity index (χ1) is 11.7. The van der Waals surface area contributed by atoms with Crippen molar-refractivity contribution in [1.82, 2.24) is 15.1 Å². The molecule has 2 aromatic rings. The van der Waals surface area contributed by atoms with Gasteiger partial charge in [0.2, 0.25) is 0 Å². The molecule has 24 heavy (non-hydrogen) atoms. The number of benzene rings is 1. The monoisotopic (exact) mass is 325 g/mol. The van der Waals surface area contributed by atoms with Crippen molar-refractivity contribution in [3.05, 3.63) is 52.8 Å². The average molecular weight is 325 g/mol. The van der Waals surface area contributed by atoms with E-state index < -0.39 is 0 Å². The highest BCUT2D eigenvalue weighted by atomic mass is 16.3. The van der Waals surface area contributed by atoms with Gasteiger partial charge in [0.25, 0.3) is 5.91 Å². The van der Waals surface area contributed by atoms with Crippen LogP contribution in [0.15, 0.2) is 30.3 Å². The third-order valence-corrected chi connectivity index (χ3v) is 5.14. The van der Waals surface area contributed by atoms with Gasteiger partial charge in [-0.15, -0.1) is 0 Å². The van der Waals surface area contributed by atoms with Crippen LogP contribution in [0.5, 0.6) is 0 Å². The summed E-state index contributed by atoms with van der Waals surface area (Å²) in [6.07, 6.45) is 4.42. The Labute approximate surface area is 141 Å². The van der Waals surface area contributed by atoms with Gasteiger partial charge in [0, 0.05) is 24.7 Å². The zero-order valence-corrected chi connectivity index (χ0v) is 13.7. The van der Waals surface area contributed by atoms with E-state index in [1.807, 2.05) is 23.1 Å². The summed E-state index contributed by atoms with van der Waals surface area (Å²) in [6, 6.07) is 10.0. The van der Waals surface area contributed by atoms with Gasteiger partial charge in [0.05, 0.1) is 6.61 Å². The molecule has 2 N–H and O–H groups in total. The largest absolute Gasteiger partial charge is 0.392 e. The van der Waals surface area contributed by atoms with E-state index in [2.05, 4.69) is 22.3 Å². The van der Waals surface area contributed by atoms with Crippen LogP contribution in [0, 0.1) is 5.92 Å². The van der Waals surface area contributed by atoms with Crippen molar-refractivity contribution >= 4 is 5.91 Å². The number of nitrogens with one attached hydrogen (secondary N) is 1. The van der Waals surface area contributed by atoms with Crippen molar-refractivity contribution in [3.8, 4) is 0 Å². The van der Waals surface area contributed by atoms with Crippen LogP contribution in [0.4, 0.5) is 0 Å². The summed E-state index contributed by atoms with van der Waals surface area (Å²) >= 11 is 0. The number of hydrogen-bond acceptors (Lipinski definition) is 3. The van der Waals surface area contributed by atoms with E-state index in [4.69, 9.17) is 5.11 Å². The Hall–Kier alpha value is -2.14. The van der Waals surface area contributed by atoms with Gasteiger partial charge < -0.3 is 10.0 Å². The molecule has 0 radical (unpaired) electrons. The van der Waals surface area contributed by atoms with Crippen LogP contribution < -0.4 is 0 Å².